The van der Waals surface area contributed by atoms with Crippen molar-refractivity contribution in [2.75, 3.05) is 0 Å². The molecule has 0 saturated carbocycles. The summed E-state index contributed by atoms with van der Waals surface area (Å²) in [4.78, 5) is 0. The second-order valence-corrected chi connectivity index (χ2v) is 2.27. The molecule has 8 heavy (non-hydrogen) atoms. The molecular weight excluding hydrogens is 149 g/mol. The molecule has 0 aromatic heterocycles. The molecule has 0 radical (unpaired) electrons. The third kappa shape index (κ3) is 5.11. The average Bonchev–Trinajstić information content (AvgIpc) is 1.31. The molecule has 0 bridgehead atoms. The Morgan fingerprint density at radius 1 is 1.62 bits per heavy atom. The van der Waals surface area contributed by atoms with Gasteiger partial charge in [-0.15, -0.1) is 0 Å². The summed E-state index contributed by atoms with van der Waals surface area (Å²) in [5.74, 6) is 0. The molecule has 0 saturated heterocycles. The van der Waals surface area contributed by atoms with E-state index in [9.17, 15) is 13.0 Å². The van der Waals surface area contributed by atoms with Crippen molar-refractivity contribution in [1.82, 2.24) is 0 Å². The van der Waals surface area contributed by atoms with Crippen LogP contribution >= 0.6 is 0 Å². The molecule has 0 amide bonds. The third-order valence-electron chi connectivity index (χ3n) is 0.307. The fourth-order valence-electron chi connectivity index (χ4n) is 0. The van der Waals surface area contributed by atoms with Crippen molar-refractivity contribution in [3.05, 3.63) is 0 Å². The minimum absolute atomic E-state index is 0. The van der Waals surface area contributed by atoms with Crippen LogP contribution < -0.4 is 0 Å². The van der Waals surface area contributed by atoms with Gasteiger partial charge in [-0.25, -0.2) is 4.21 Å². The van der Waals surface area contributed by atoms with Gasteiger partial charge in [0.1, 0.15) is 0 Å². The van der Waals surface area contributed by atoms with E-state index in [2.05, 4.69) is 0 Å². The van der Waals surface area contributed by atoms with Crippen molar-refractivity contribution in [3.63, 3.8) is 0 Å². The molecule has 0 aromatic rings. The van der Waals surface area contributed by atoms with Crippen LogP contribution in [0.5, 0.6) is 0 Å². The van der Waals surface area contributed by atoms with Gasteiger partial charge in [-0.05, 0) is 0 Å². The van der Waals surface area contributed by atoms with Gasteiger partial charge >= 0.3 is 34.8 Å². The van der Waals surface area contributed by atoms with Crippen LogP contribution in [0.15, 0.2) is 0 Å². The number of alkyl halides is 2. The summed E-state index contributed by atoms with van der Waals surface area (Å²) >= 11 is -3.02. The first-order valence-corrected chi connectivity index (χ1v) is 2.54. The predicted octanol–water partition coefficient (Wildman–Crippen LogP) is 0.172. The molecule has 0 aliphatic rings. The number of hydrogen-bond acceptors (Lipinski definition) is 1. The molecule has 0 rings (SSSR count). The first-order chi connectivity index (χ1) is 2.94. The van der Waals surface area contributed by atoms with Crippen LogP contribution in [-0.4, -0.2) is 43.6 Å². The molecule has 1 N–H and O–H groups in total. The van der Waals surface area contributed by atoms with E-state index in [0.29, 0.717) is 6.92 Å². The number of rotatable bonds is 1. The quantitative estimate of drug-likeness (QED) is 0.432. The van der Waals surface area contributed by atoms with Gasteiger partial charge in [0.2, 0.25) is 11.1 Å². The van der Waals surface area contributed by atoms with Crippen LogP contribution in [0.3, 0.4) is 0 Å². The summed E-state index contributed by atoms with van der Waals surface area (Å²) in [6.07, 6.45) is 0. The second kappa shape index (κ2) is 3.90. The van der Waals surface area contributed by atoms with Gasteiger partial charge in [-0.3, -0.25) is 0 Å². The van der Waals surface area contributed by atoms with E-state index >= 15 is 0 Å². The number of hydrogen-bond donors (Lipinski definition) is 1. The van der Waals surface area contributed by atoms with Gasteiger partial charge in [0.05, 0.1) is 0 Å². The Bertz CT molecular complexity index is 90.5. The molecule has 0 aromatic carbocycles. The predicted molar refractivity (Wildman–Crippen MR) is 28.5 cm³/mol. The molecule has 0 heterocycles. The zero-order valence-electron chi connectivity index (χ0n) is 3.52. The van der Waals surface area contributed by atoms with Crippen LogP contribution in [0, 0.1) is 0 Å². The van der Waals surface area contributed by atoms with Crippen LogP contribution in [0.2, 0.25) is 0 Å². The second-order valence-electron chi connectivity index (χ2n) is 1.06. The van der Waals surface area contributed by atoms with Crippen molar-refractivity contribution in [2.24, 2.45) is 0 Å². The van der Waals surface area contributed by atoms with Crippen molar-refractivity contribution < 1.29 is 17.5 Å². The molecule has 1 atom stereocenters. The van der Waals surface area contributed by atoms with Gasteiger partial charge in [-0.2, -0.15) is 8.78 Å². The van der Waals surface area contributed by atoms with E-state index in [0.717, 1.165) is 0 Å². The molecule has 0 aliphatic carbocycles. The Balaban J connectivity index is 0. The van der Waals surface area contributed by atoms with E-state index in [4.69, 9.17) is 4.55 Å². The van der Waals surface area contributed by atoms with Gasteiger partial charge in [0.15, 0.2) is 0 Å². The van der Waals surface area contributed by atoms with E-state index in [1.54, 1.807) is 0 Å². The topological polar surface area (TPSA) is 37.3 Å². The summed E-state index contributed by atoms with van der Waals surface area (Å²) in [7, 11) is 0. The summed E-state index contributed by atoms with van der Waals surface area (Å²) in [5.41, 5.74) is 0. The van der Waals surface area contributed by atoms with Gasteiger partial charge < -0.3 is 4.55 Å². The number of halogens is 2. The SMILES string of the molecule is CC(F)(F)S(=O)O.[NaH]. The van der Waals surface area contributed by atoms with Crippen LogP contribution in [-0.2, 0) is 11.1 Å². The van der Waals surface area contributed by atoms with Crippen LogP contribution in [0.4, 0.5) is 8.78 Å². The Kier molecular flexibility index (Phi) is 5.71. The van der Waals surface area contributed by atoms with Crippen LogP contribution in [0.25, 0.3) is 0 Å². The summed E-state index contributed by atoms with van der Waals surface area (Å²) < 4.78 is 39.6. The van der Waals surface area contributed by atoms with Crippen molar-refractivity contribution in [2.45, 2.75) is 12.2 Å². The molecule has 0 fully saturated rings. The Morgan fingerprint density at radius 3 is 1.75 bits per heavy atom. The minimum atomic E-state index is -3.47. The molecule has 0 aliphatic heterocycles. The fraction of sp³-hybridized carbons (Fsp3) is 1.00. The molecule has 0 spiro atoms. The Hall–Kier alpha value is 0.970. The van der Waals surface area contributed by atoms with E-state index in [1.807, 2.05) is 0 Å². The Labute approximate surface area is 70.2 Å². The monoisotopic (exact) mass is 154 g/mol. The maximum absolute atomic E-state index is 11.3. The first-order valence-electron chi connectivity index (χ1n) is 1.43. The molecular formula is C2H5F2NaO2S. The maximum atomic E-state index is 11.3. The van der Waals surface area contributed by atoms with E-state index in [-0.39, 0.29) is 29.6 Å². The average molecular weight is 154 g/mol. The van der Waals surface area contributed by atoms with E-state index in [1.165, 1.54) is 0 Å². The standard InChI is InChI=1S/C2H4F2O2S.Na.H/c1-2(3,4)7(5)6;;/h1H3,(H,5,6);;. The van der Waals surface area contributed by atoms with Crippen LogP contribution in [0.1, 0.15) is 6.92 Å². The fourth-order valence-corrected chi connectivity index (χ4v) is 0. The van der Waals surface area contributed by atoms with Crippen molar-refractivity contribution in [1.29, 1.82) is 0 Å². The molecule has 46 valence electrons. The summed E-state index contributed by atoms with van der Waals surface area (Å²) in [6, 6.07) is 0. The summed E-state index contributed by atoms with van der Waals surface area (Å²) in [5, 5.41) is -3.47. The zero-order chi connectivity index (χ0) is 6.08. The summed E-state index contributed by atoms with van der Waals surface area (Å²) in [6.45, 7) is 0.378. The van der Waals surface area contributed by atoms with E-state index < -0.39 is 16.3 Å². The van der Waals surface area contributed by atoms with Crippen molar-refractivity contribution in [3.8, 4) is 0 Å². The zero-order valence-corrected chi connectivity index (χ0v) is 4.34. The molecule has 2 nitrogen and oxygen atoms in total. The van der Waals surface area contributed by atoms with Gasteiger partial charge in [0.25, 0.3) is 0 Å². The van der Waals surface area contributed by atoms with Gasteiger partial charge in [0, 0.05) is 6.92 Å². The molecule has 6 heteroatoms. The van der Waals surface area contributed by atoms with Crippen molar-refractivity contribution >= 4 is 40.6 Å². The third-order valence-corrected chi connectivity index (χ3v) is 0.920. The first kappa shape index (κ1) is 11.7. The van der Waals surface area contributed by atoms with Gasteiger partial charge in [-0.1, -0.05) is 0 Å². The normalized spacial score (nSPS) is 14.5. The molecule has 1 unspecified atom stereocenters. The Morgan fingerprint density at radius 2 is 1.75 bits per heavy atom.